The molecule has 6 nitrogen and oxygen atoms in total. The molecule has 0 radical (unpaired) electrons. The van der Waals surface area contributed by atoms with E-state index in [1.54, 1.807) is 26.0 Å². The SMILES string of the molecule is Cc1ccc(C(NC(=O)NC2CCCCC2NC(=O)NC(c2ccc(C)c(F)c2)C(Cl)(Cl)Cl)C(Cl)(Cl)Cl)cc1F. The van der Waals surface area contributed by atoms with Gasteiger partial charge in [0.2, 0.25) is 7.59 Å². The van der Waals surface area contributed by atoms with Crippen LogP contribution in [-0.2, 0) is 0 Å². The van der Waals surface area contributed by atoms with Crippen LogP contribution in [0.2, 0.25) is 0 Å². The lowest BCUT2D eigenvalue weighted by Crippen LogP contribution is -2.58. The molecule has 3 rings (SSSR count). The van der Waals surface area contributed by atoms with Gasteiger partial charge in [-0.05, 0) is 61.1 Å². The molecule has 4 N–H and O–H groups in total. The normalized spacial score (nSPS) is 19.4. The summed E-state index contributed by atoms with van der Waals surface area (Å²) in [6.45, 7) is 3.18. The quantitative estimate of drug-likeness (QED) is 0.234. The summed E-state index contributed by atoms with van der Waals surface area (Å²) in [5.41, 5.74) is 1.33. The zero-order valence-electron chi connectivity index (χ0n) is 21.4. The highest BCUT2D eigenvalue weighted by Gasteiger charge is 2.38. The first kappa shape index (κ1) is 33.1. The number of halogens is 8. The van der Waals surface area contributed by atoms with Crippen LogP contribution in [0.3, 0.4) is 0 Å². The number of carbonyl (C=O) groups excluding carboxylic acids is 2. The predicted molar refractivity (Wildman–Crippen MR) is 158 cm³/mol. The third kappa shape index (κ3) is 9.04. The molecule has 0 saturated heterocycles. The van der Waals surface area contributed by atoms with Crippen LogP contribution in [0.5, 0.6) is 0 Å². The van der Waals surface area contributed by atoms with Crippen molar-refractivity contribution in [3.8, 4) is 0 Å². The van der Waals surface area contributed by atoms with Crippen LogP contribution in [0, 0.1) is 25.5 Å². The van der Waals surface area contributed by atoms with Crippen molar-refractivity contribution >= 4 is 81.7 Å². The van der Waals surface area contributed by atoms with Crippen LogP contribution in [0.4, 0.5) is 18.4 Å². The minimum absolute atomic E-state index is 0.265. The van der Waals surface area contributed by atoms with Gasteiger partial charge in [0.1, 0.15) is 23.7 Å². The van der Waals surface area contributed by atoms with E-state index >= 15 is 0 Å². The van der Waals surface area contributed by atoms with E-state index in [0.29, 0.717) is 24.0 Å². The van der Waals surface area contributed by atoms with Gasteiger partial charge in [-0.1, -0.05) is 107 Å². The molecule has 4 unspecified atom stereocenters. The maximum Gasteiger partial charge on any atom is 0.315 e. The molecule has 0 bridgehead atoms. The van der Waals surface area contributed by atoms with E-state index in [9.17, 15) is 18.4 Å². The second-order valence-corrected chi connectivity index (χ2v) is 14.4. The number of alkyl halides is 6. The van der Waals surface area contributed by atoms with Gasteiger partial charge in [0.15, 0.2) is 0 Å². The van der Waals surface area contributed by atoms with Gasteiger partial charge in [-0.15, -0.1) is 0 Å². The smallest absolute Gasteiger partial charge is 0.315 e. The van der Waals surface area contributed by atoms with Crippen molar-refractivity contribution < 1.29 is 18.4 Å². The molecule has 2 aromatic carbocycles. The Morgan fingerprint density at radius 3 is 1.38 bits per heavy atom. The molecule has 1 aliphatic carbocycles. The van der Waals surface area contributed by atoms with Crippen LogP contribution >= 0.6 is 69.6 Å². The average Bonchev–Trinajstić information content (AvgIpc) is 2.84. The lowest BCUT2D eigenvalue weighted by atomic mass is 9.90. The Morgan fingerprint density at radius 2 is 1.07 bits per heavy atom. The first-order chi connectivity index (χ1) is 18.6. The Kier molecular flexibility index (Phi) is 11.3. The molecular formula is C26H28Cl6F2N4O2. The number of amides is 4. The molecule has 40 heavy (non-hydrogen) atoms. The number of nitrogens with one attached hydrogen (secondary N) is 4. The molecule has 4 amide bonds. The van der Waals surface area contributed by atoms with Crippen LogP contribution in [0.25, 0.3) is 0 Å². The number of hydrogen-bond acceptors (Lipinski definition) is 2. The van der Waals surface area contributed by atoms with Crippen LogP contribution in [0.1, 0.15) is 60.0 Å². The molecule has 1 aliphatic rings. The van der Waals surface area contributed by atoms with Crippen molar-refractivity contribution in [2.45, 2.75) is 71.3 Å². The Balaban J connectivity index is 1.70. The number of rotatable bonds is 6. The fourth-order valence-electron chi connectivity index (χ4n) is 4.44. The van der Waals surface area contributed by atoms with Gasteiger partial charge in [0, 0.05) is 0 Å². The van der Waals surface area contributed by atoms with Crippen molar-refractivity contribution in [3.63, 3.8) is 0 Å². The van der Waals surface area contributed by atoms with E-state index < -0.39 is 55.4 Å². The van der Waals surface area contributed by atoms with E-state index in [0.717, 1.165) is 12.8 Å². The molecule has 0 spiro atoms. The summed E-state index contributed by atoms with van der Waals surface area (Å²) in [7, 11) is 0. The molecule has 0 aromatic heterocycles. The summed E-state index contributed by atoms with van der Waals surface area (Å²) in [4.78, 5) is 25.9. The minimum Gasteiger partial charge on any atom is -0.333 e. The van der Waals surface area contributed by atoms with E-state index in [-0.39, 0.29) is 11.1 Å². The van der Waals surface area contributed by atoms with E-state index in [4.69, 9.17) is 69.6 Å². The Hall–Kier alpha value is -1.42. The van der Waals surface area contributed by atoms with Gasteiger partial charge in [0.25, 0.3) is 0 Å². The average molecular weight is 679 g/mol. The molecular weight excluding hydrogens is 651 g/mol. The summed E-state index contributed by atoms with van der Waals surface area (Å²) in [5.74, 6) is -1.02. The number of aryl methyl sites for hydroxylation is 2. The fourth-order valence-corrected chi connectivity index (χ4v) is 5.53. The summed E-state index contributed by atoms with van der Waals surface area (Å²) < 4.78 is 24.4. The van der Waals surface area contributed by atoms with Crippen molar-refractivity contribution in [1.29, 1.82) is 0 Å². The predicted octanol–water partition coefficient (Wildman–Crippen LogP) is 8.01. The first-order valence-corrected chi connectivity index (χ1v) is 14.6. The van der Waals surface area contributed by atoms with Gasteiger partial charge in [-0.25, -0.2) is 18.4 Å². The number of urea groups is 2. The van der Waals surface area contributed by atoms with Gasteiger partial charge in [0.05, 0.1) is 12.1 Å². The molecule has 14 heteroatoms. The minimum atomic E-state index is -1.98. The molecule has 1 saturated carbocycles. The zero-order chi connectivity index (χ0) is 29.8. The van der Waals surface area contributed by atoms with Crippen LogP contribution < -0.4 is 21.3 Å². The van der Waals surface area contributed by atoms with E-state index in [1.807, 2.05) is 0 Å². The van der Waals surface area contributed by atoms with Gasteiger partial charge >= 0.3 is 12.1 Å². The lowest BCUT2D eigenvalue weighted by Gasteiger charge is -2.35. The van der Waals surface area contributed by atoms with Gasteiger partial charge in [-0.3, -0.25) is 0 Å². The van der Waals surface area contributed by atoms with E-state index in [1.165, 1.54) is 24.3 Å². The maximum absolute atomic E-state index is 14.2. The molecule has 1 fully saturated rings. The standard InChI is InChI=1S/C26H28Cl6F2N4O2/c1-13-7-9-15(11-17(13)33)21(25(27,28)29)37-23(39)35-19-5-3-4-6-20(19)36-24(40)38-22(26(30,31)32)16-10-8-14(2)18(34)12-16/h7-12,19-22H,3-6H2,1-2H3,(H2,35,37,39)(H2,36,38,40). The Labute approximate surface area is 261 Å². The molecule has 4 atom stereocenters. The second-order valence-electron chi connectivity index (χ2n) is 9.70. The highest BCUT2D eigenvalue weighted by Crippen LogP contribution is 2.41. The number of hydrogen-bond donors (Lipinski definition) is 4. The molecule has 0 heterocycles. The van der Waals surface area contributed by atoms with Crippen LogP contribution in [0.15, 0.2) is 36.4 Å². The van der Waals surface area contributed by atoms with Crippen molar-refractivity contribution in [2.24, 2.45) is 0 Å². The van der Waals surface area contributed by atoms with Crippen molar-refractivity contribution in [1.82, 2.24) is 21.3 Å². The van der Waals surface area contributed by atoms with E-state index in [2.05, 4.69) is 21.3 Å². The Morgan fingerprint density at radius 1 is 0.725 bits per heavy atom. The third-order valence-corrected chi connectivity index (χ3v) is 7.97. The van der Waals surface area contributed by atoms with Crippen molar-refractivity contribution in [3.05, 3.63) is 70.3 Å². The topological polar surface area (TPSA) is 82.3 Å². The third-order valence-electron chi connectivity index (χ3n) is 6.66. The summed E-state index contributed by atoms with van der Waals surface area (Å²) in [6.07, 6.45) is 2.68. The molecule has 2 aromatic rings. The second kappa shape index (κ2) is 13.7. The number of benzene rings is 2. The zero-order valence-corrected chi connectivity index (χ0v) is 26.0. The summed E-state index contributed by atoms with van der Waals surface area (Å²) in [6, 6.07) is 3.88. The highest BCUT2D eigenvalue weighted by atomic mass is 35.6. The maximum atomic E-state index is 14.2. The first-order valence-electron chi connectivity index (χ1n) is 12.4. The fraction of sp³-hybridized carbons (Fsp3) is 0.462. The summed E-state index contributed by atoms with van der Waals surface area (Å²) in [5, 5.41) is 10.8. The lowest BCUT2D eigenvalue weighted by molar-refractivity contribution is 0.210. The molecule has 220 valence electrons. The number of carbonyl (C=O) groups is 2. The van der Waals surface area contributed by atoms with Gasteiger partial charge < -0.3 is 21.3 Å². The van der Waals surface area contributed by atoms with Crippen molar-refractivity contribution in [2.75, 3.05) is 0 Å². The highest BCUT2D eigenvalue weighted by molar-refractivity contribution is 6.68. The Bertz CT molecular complexity index is 1130. The van der Waals surface area contributed by atoms with Crippen LogP contribution in [-0.4, -0.2) is 31.7 Å². The monoisotopic (exact) mass is 676 g/mol. The summed E-state index contributed by atoms with van der Waals surface area (Å²) >= 11 is 36.7. The van der Waals surface area contributed by atoms with Gasteiger partial charge in [-0.2, -0.15) is 0 Å². The molecule has 0 aliphatic heterocycles. The largest absolute Gasteiger partial charge is 0.333 e.